The molecular formula is C12H14F2N2. The number of anilines is 1. The van der Waals surface area contributed by atoms with Crippen LogP contribution < -0.4 is 10.2 Å². The van der Waals surface area contributed by atoms with E-state index in [-0.39, 0.29) is 12.1 Å². The van der Waals surface area contributed by atoms with E-state index in [4.69, 9.17) is 0 Å². The van der Waals surface area contributed by atoms with Gasteiger partial charge in [0.15, 0.2) is 11.6 Å². The molecule has 16 heavy (non-hydrogen) atoms. The molecule has 86 valence electrons. The molecule has 1 saturated heterocycles. The van der Waals surface area contributed by atoms with Crippen LogP contribution in [0.3, 0.4) is 0 Å². The monoisotopic (exact) mass is 224 g/mol. The number of benzene rings is 1. The number of nitrogens with zero attached hydrogens (tertiary/aromatic N) is 1. The Morgan fingerprint density at radius 3 is 2.94 bits per heavy atom. The summed E-state index contributed by atoms with van der Waals surface area (Å²) in [6.45, 7) is 3.71. The summed E-state index contributed by atoms with van der Waals surface area (Å²) >= 11 is 0. The minimum atomic E-state index is -0.745. The van der Waals surface area contributed by atoms with Crippen molar-refractivity contribution >= 4 is 5.69 Å². The van der Waals surface area contributed by atoms with Crippen molar-refractivity contribution in [2.24, 2.45) is 0 Å². The standard InChI is InChI=1S/C12H14F2N2/c1-7-5-15-6-9-4-8-2-3-10(13)11(14)12(8)16(7)9/h2-3,7,9,15H,4-6H2,1H3/t7-,9+/m1/s1. The summed E-state index contributed by atoms with van der Waals surface area (Å²) in [4.78, 5) is 2.03. The molecule has 0 unspecified atom stereocenters. The van der Waals surface area contributed by atoms with Crippen molar-refractivity contribution in [1.82, 2.24) is 5.32 Å². The molecule has 0 radical (unpaired) electrons. The van der Waals surface area contributed by atoms with Crippen LogP contribution >= 0.6 is 0 Å². The summed E-state index contributed by atoms with van der Waals surface area (Å²) < 4.78 is 27.1. The summed E-state index contributed by atoms with van der Waals surface area (Å²) in [5.41, 5.74) is 1.42. The molecule has 3 rings (SSSR count). The van der Waals surface area contributed by atoms with E-state index in [9.17, 15) is 8.78 Å². The van der Waals surface area contributed by atoms with Crippen LogP contribution in [0.5, 0.6) is 0 Å². The van der Waals surface area contributed by atoms with E-state index in [2.05, 4.69) is 5.32 Å². The van der Waals surface area contributed by atoms with Crippen LogP contribution in [-0.4, -0.2) is 25.2 Å². The molecule has 1 N–H and O–H groups in total. The second kappa shape index (κ2) is 3.42. The molecular weight excluding hydrogens is 210 g/mol. The van der Waals surface area contributed by atoms with Gasteiger partial charge in [-0.15, -0.1) is 0 Å². The predicted octanol–water partition coefficient (Wildman–Crippen LogP) is 1.69. The average Bonchev–Trinajstić information content (AvgIpc) is 2.64. The second-order valence-electron chi connectivity index (χ2n) is 4.64. The molecule has 2 nitrogen and oxygen atoms in total. The molecule has 1 aromatic carbocycles. The highest BCUT2D eigenvalue weighted by Crippen LogP contribution is 2.37. The zero-order chi connectivity index (χ0) is 11.3. The molecule has 0 bridgehead atoms. The first kappa shape index (κ1) is 10.0. The van der Waals surface area contributed by atoms with Gasteiger partial charge in [0.1, 0.15) is 0 Å². The van der Waals surface area contributed by atoms with Gasteiger partial charge in [-0.1, -0.05) is 6.07 Å². The van der Waals surface area contributed by atoms with Crippen LogP contribution in [0.4, 0.5) is 14.5 Å². The molecule has 0 spiro atoms. The Balaban J connectivity index is 2.11. The third kappa shape index (κ3) is 1.26. The SMILES string of the molecule is C[C@@H]1CNC[C@@H]2Cc3ccc(F)c(F)c3N21. The summed E-state index contributed by atoms with van der Waals surface area (Å²) in [5.74, 6) is -1.43. The Labute approximate surface area is 93.3 Å². The van der Waals surface area contributed by atoms with Crippen LogP contribution in [0.2, 0.25) is 0 Å². The maximum atomic E-state index is 13.8. The highest BCUT2D eigenvalue weighted by Gasteiger charge is 2.37. The number of halogens is 2. The smallest absolute Gasteiger partial charge is 0.182 e. The number of piperazine rings is 1. The van der Waals surface area contributed by atoms with Gasteiger partial charge < -0.3 is 10.2 Å². The van der Waals surface area contributed by atoms with Crippen LogP contribution in [-0.2, 0) is 6.42 Å². The summed E-state index contributed by atoms with van der Waals surface area (Å²) in [6, 6.07) is 3.43. The number of hydrogen-bond acceptors (Lipinski definition) is 2. The van der Waals surface area contributed by atoms with E-state index in [1.165, 1.54) is 6.07 Å². The number of fused-ring (bicyclic) bond motifs is 3. The van der Waals surface area contributed by atoms with Gasteiger partial charge >= 0.3 is 0 Å². The first-order valence-electron chi connectivity index (χ1n) is 5.64. The minimum absolute atomic E-state index is 0.219. The Hall–Kier alpha value is -1.16. The van der Waals surface area contributed by atoms with Gasteiger partial charge in [-0.05, 0) is 25.0 Å². The lowest BCUT2D eigenvalue weighted by Crippen LogP contribution is -2.55. The molecule has 0 aliphatic carbocycles. The molecule has 2 aliphatic heterocycles. The average molecular weight is 224 g/mol. The fraction of sp³-hybridized carbons (Fsp3) is 0.500. The van der Waals surface area contributed by atoms with Crippen LogP contribution in [0.1, 0.15) is 12.5 Å². The van der Waals surface area contributed by atoms with Gasteiger partial charge in [-0.3, -0.25) is 0 Å². The van der Waals surface area contributed by atoms with E-state index in [0.29, 0.717) is 5.69 Å². The third-order valence-electron chi connectivity index (χ3n) is 3.55. The van der Waals surface area contributed by atoms with Gasteiger partial charge in [0.05, 0.1) is 5.69 Å². The van der Waals surface area contributed by atoms with Gasteiger partial charge in [0.2, 0.25) is 0 Å². The zero-order valence-corrected chi connectivity index (χ0v) is 9.13. The minimum Gasteiger partial charge on any atom is -0.360 e. The lowest BCUT2D eigenvalue weighted by atomic mass is 10.1. The van der Waals surface area contributed by atoms with Crippen molar-refractivity contribution < 1.29 is 8.78 Å². The van der Waals surface area contributed by atoms with Crippen molar-refractivity contribution in [2.75, 3.05) is 18.0 Å². The summed E-state index contributed by atoms with van der Waals surface area (Å²) in [6.07, 6.45) is 0.809. The fourth-order valence-corrected chi connectivity index (χ4v) is 2.87. The fourth-order valence-electron chi connectivity index (χ4n) is 2.87. The Kier molecular flexibility index (Phi) is 2.14. The quantitative estimate of drug-likeness (QED) is 0.721. The molecule has 1 fully saturated rings. The Morgan fingerprint density at radius 2 is 2.12 bits per heavy atom. The molecule has 4 heteroatoms. The zero-order valence-electron chi connectivity index (χ0n) is 9.13. The lowest BCUT2D eigenvalue weighted by molar-refractivity contribution is 0.422. The molecule has 1 aromatic rings. The van der Waals surface area contributed by atoms with E-state index in [1.54, 1.807) is 6.07 Å². The van der Waals surface area contributed by atoms with E-state index in [1.807, 2.05) is 11.8 Å². The van der Waals surface area contributed by atoms with Gasteiger partial charge in [-0.25, -0.2) is 8.78 Å². The van der Waals surface area contributed by atoms with Crippen LogP contribution in [0, 0.1) is 11.6 Å². The first-order chi connectivity index (χ1) is 7.68. The number of hydrogen-bond donors (Lipinski definition) is 1. The van der Waals surface area contributed by atoms with Crippen molar-refractivity contribution in [3.63, 3.8) is 0 Å². The lowest BCUT2D eigenvalue weighted by Gasteiger charge is -2.38. The third-order valence-corrected chi connectivity index (χ3v) is 3.55. The predicted molar refractivity (Wildman–Crippen MR) is 58.7 cm³/mol. The Bertz CT molecular complexity index is 433. The number of rotatable bonds is 0. The molecule has 2 heterocycles. The van der Waals surface area contributed by atoms with Crippen molar-refractivity contribution in [3.05, 3.63) is 29.3 Å². The van der Waals surface area contributed by atoms with E-state index in [0.717, 1.165) is 25.1 Å². The highest BCUT2D eigenvalue weighted by atomic mass is 19.2. The maximum absolute atomic E-state index is 13.8. The molecule has 0 aromatic heterocycles. The van der Waals surface area contributed by atoms with Crippen LogP contribution in [0.25, 0.3) is 0 Å². The summed E-state index contributed by atoms with van der Waals surface area (Å²) in [7, 11) is 0. The van der Waals surface area contributed by atoms with Gasteiger partial charge in [0, 0.05) is 25.2 Å². The van der Waals surface area contributed by atoms with E-state index >= 15 is 0 Å². The maximum Gasteiger partial charge on any atom is 0.182 e. The van der Waals surface area contributed by atoms with Gasteiger partial charge in [-0.2, -0.15) is 0 Å². The Morgan fingerprint density at radius 1 is 1.31 bits per heavy atom. The van der Waals surface area contributed by atoms with Crippen molar-refractivity contribution in [3.8, 4) is 0 Å². The largest absolute Gasteiger partial charge is 0.360 e. The van der Waals surface area contributed by atoms with Crippen LogP contribution in [0.15, 0.2) is 12.1 Å². The molecule has 0 amide bonds. The van der Waals surface area contributed by atoms with Crippen molar-refractivity contribution in [2.45, 2.75) is 25.4 Å². The highest BCUT2D eigenvalue weighted by molar-refractivity contribution is 5.62. The van der Waals surface area contributed by atoms with Gasteiger partial charge in [0.25, 0.3) is 0 Å². The molecule has 0 saturated carbocycles. The second-order valence-corrected chi connectivity index (χ2v) is 4.64. The normalized spacial score (nSPS) is 27.8. The first-order valence-corrected chi connectivity index (χ1v) is 5.64. The molecule has 2 atom stereocenters. The number of nitrogens with one attached hydrogen (secondary N) is 1. The molecule has 2 aliphatic rings. The topological polar surface area (TPSA) is 15.3 Å². The van der Waals surface area contributed by atoms with Crippen molar-refractivity contribution in [1.29, 1.82) is 0 Å². The summed E-state index contributed by atoms with van der Waals surface area (Å²) in [5, 5.41) is 3.32. The van der Waals surface area contributed by atoms with E-state index < -0.39 is 11.6 Å².